The quantitative estimate of drug-likeness (QED) is 0.906. The van der Waals surface area contributed by atoms with Crippen LogP contribution < -0.4 is 5.73 Å². The van der Waals surface area contributed by atoms with Gasteiger partial charge in [-0.1, -0.05) is 6.92 Å². The lowest BCUT2D eigenvalue weighted by Gasteiger charge is -2.24. The molecule has 2 unspecified atom stereocenters. The van der Waals surface area contributed by atoms with Crippen LogP contribution in [0.5, 0.6) is 0 Å². The van der Waals surface area contributed by atoms with E-state index in [9.17, 15) is 10.1 Å². The number of primary amides is 1. The molecule has 7 nitrogen and oxygen atoms in total. The van der Waals surface area contributed by atoms with Crippen molar-refractivity contribution in [2.45, 2.75) is 39.7 Å². The van der Waals surface area contributed by atoms with Crippen LogP contribution >= 0.6 is 0 Å². The van der Waals surface area contributed by atoms with Gasteiger partial charge in [-0.2, -0.15) is 20.6 Å². The number of nitrogens with two attached hydrogens (primary N) is 1. The summed E-state index contributed by atoms with van der Waals surface area (Å²) in [6.45, 7) is 5.96. The molecule has 0 saturated heterocycles. The Bertz CT molecular complexity index is 830. The number of nitrogens with zero attached hydrogens (tertiary/aromatic N) is 5. The normalized spacial score (nSPS) is 17.8. The minimum Gasteiger partial charge on any atom is -0.365 e. The number of hydrogen-bond donors (Lipinski definition) is 1. The smallest absolute Gasteiger partial charge is 0.252 e. The van der Waals surface area contributed by atoms with E-state index in [1.807, 2.05) is 13.8 Å². The van der Waals surface area contributed by atoms with Crippen LogP contribution in [0.4, 0.5) is 0 Å². The topological polar surface area (TPSA) is 110 Å². The third-order valence-electron chi connectivity index (χ3n) is 5.21. The lowest BCUT2D eigenvalue weighted by molar-refractivity contribution is 0.100. The van der Waals surface area contributed by atoms with Crippen LogP contribution in [-0.4, -0.2) is 25.9 Å². The van der Waals surface area contributed by atoms with E-state index < -0.39 is 5.91 Å². The molecule has 24 heavy (non-hydrogen) atoms. The van der Waals surface area contributed by atoms with Gasteiger partial charge in [-0.05, 0) is 38.2 Å². The zero-order valence-electron chi connectivity index (χ0n) is 14.0. The van der Waals surface area contributed by atoms with Gasteiger partial charge in [0, 0.05) is 11.8 Å². The highest BCUT2D eigenvalue weighted by Crippen LogP contribution is 2.54. The molecule has 3 rings (SSSR count). The number of nitriles is 1. The summed E-state index contributed by atoms with van der Waals surface area (Å²) < 4.78 is 1.75. The maximum Gasteiger partial charge on any atom is 0.252 e. The fourth-order valence-electron chi connectivity index (χ4n) is 3.10. The van der Waals surface area contributed by atoms with Crippen molar-refractivity contribution >= 4 is 5.91 Å². The highest BCUT2D eigenvalue weighted by molar-refractivity contribution is 5.98. The van der Waals surface area contributed by atoms with E-state index in [-0.39, 0.29) is 17.4 Å². The summed E-state index contributed by atoms with van der Waals surface area (Å²) in [6, 6.07) is 2.42. The third-order valence-corrected chi connectivity index (χ3v) is 5.21. The summed E-state index contributed by atoms with van der Waals surface area (Å²) in [5.41, 5.74) is 7.73. The number of aromatic nitrogens is 4. The maximum atomic E-state index is 11.9. The van der Waals surface area contributed by atoms with Gasteiger partial charge in [0.2, 0.25) is 0 Å². The molecular formula is C17H20N6O. The highest BCUT2D eigenvalue weighted by atomic mass is 16.1. The van der Waals surface area contributed by atoms with Crippen molar-refractivity contribution in [2.75, 3.05) is 0 Å². The van der Waals surface area contributed by atoms with Gasteiger partial charge in [-0.25, -0.2) is 0 Å². The molecule has 2 aromatic heterocycles. The fourth-order valence-corrected chi connectivity index (χ4v) is 3.10. The molecule has 0 aliphatic heterocycles. The highest BCUT2D eigenvalue weighted by Gasteiger charge is 2.50. The molecule has 2 atom stereocenters. The average molecular weight is 324 g/mol. The van der Waals surface area contributed by atoms with E-state index >= 15 is 0 Å². The Morgan fingerprint density at radius 2 is 2.04 bits per heavy atom. The molecular weight excluding hydrogens is 304 g/mol. The number of carbonyl (C=O) groups excluding carboxylic acids is 1. The zero-order valence-corrected chi connectivity index (χ0v) is 14.0. The van der Waals surface area contributed by atoms with Crippen LogP contribution in [0.15, 0.2) is 18.6 Å². The van der Waals surface area contributed by atoms with Crippen LogP contribution in [0.3, 0.4) is 0 Å². The molecule has 1 amide bonds. The zero-order chi connectivity index (χ0) is 17.5. The van der Waals surface area contributed by atoms with Gasteiger partial charge in [-0.15, -0.1) is 0 Å². The van der Waals surface area contributed by atoms with Crippen molar-refractivity contribution in [3.05, 3.63) is 29.7 Å². The van der Waals surface area contributed by atoms with Gasteiger partial charge in [-0.3, -0.25) is 9.48 Å². The Kier molecular flexibility index (Phi) is 3.84. The molecule has 124 valence electrons. The molecule has 2 aromatic rings. The first kappa shape index (κ1) is 16.1. The molecule has 1 aliphatic carbocycles. The van der Waals surface area contributed by atoms with Crippen LogP contribution in [0.2, 0.25) is 0 Å². The Morgan fingerprint density at radius 1 is 1.38 bits per heavy atom. The summed E-state index contributed by atoms with van der Waals surface area (Å²) in [4.78, 5) is 11.9. The second-order valence-electron chi connectivity index (χ2n) is 6.62. The number of aryl methyl sites for hydroxylation is 1. The van der Waals surface area contributed by atoms with Gasteiger partial charge in [0.1, 0.15) is 5.69 Å². The van der Waals surface area contributed by atoms with E-state index in [4.69, 9.17) is 5.73 Å². The van der Waals surface area contributed by atoms with E-state index in [2.05, 4.69) is 28.3 Å². The molecule has 0 aromatic carbocycles. The Labute approximate surface area is 140 Å². The van der Waals surface area contributed by atoms with Gasteiger partial charge in [0.05, 0.1) is 35.5 Å². The molecule has 1 fully saturated rings. The molecule has 7 heteroatoms. The monoisotopic (exact) mass is 324 g/mol. The first-order valence-corrected chi connectivity index (χ1v) is 7.97. The van der Waals surface area contributed by atoms with Gasteiger partial charge in [0.25, 0.3) is 5.91 Å². The van der Waals surface area contributed by atoms with Crippen LogP contribution in [-0.2, 0) is 0 Å². The fraction of sp³-hybridized carbons (Fsp3) is 0.471. The van der Waals surface area contributed by atoms with Crippen molar-refractivity contribution < 1.29 is 4.79 Å². The number of hydrogen-bond acceptors (Lipinski definition) is 5. The molecule has 2 N–H and O–H groups in total. The van der Waals surface area contributed by atoms with E-state index in [0.717, 1.165) is 24.0 Å². The van der Waals surface area contributed by atoms with Crippen molar-refractivity contribution in [3.63, 3.8) is 0 Å². The predicted molar refractivity (Wildman–Crippen MR) is 87.7 cm³/mol. The van der Waals surface area contributed by atoms with Crippen molar-refractivity contribution in [3.8, 4) is 17.3 Å². The Hall–Kier alpha value is -2.75. The van der Waals surface area contributed by atoms with Crippen molar-refractivity contribution in [1.29, 1.82) is 5.26 Å². The van der Waals surface area contributed by atoms with Gasteiger partial charge in [0.15, 0.2) is 0 Å². The first-order chi connectivity index (χ1) is 11.4. The lowest BCUT2D eigenvalue weighted by Crippen LogP contribution is -2.22. The van der Waals surface area contributed by atoms with Gasteiger partial charge < -0.3 is 5.73 Å². The van der Waals surface area contributed by atoms with E-state index in [1.165, 1.54) is 0 Å². The first-order valence-electron chi connectivity index (χ1n) is 7.97. The summed E-state index contributed by atoms with van der Waals surface area (Å²) in [6.07, 6.45) is 6.71. The van der Waals surface area contributed by atoms with Crippen molar-refractivity contribution in [1.82, 2.24) is 20.0 Å². The van der Waals surface area contributed by atoms with Crippen molar-refractivity contribution in [2.24, 2.45) is 17.1 Å². The summed E-state index contributed by atoms with van der Waals surface area (Å²) >= 11 is 0. The molecule has 1 aliphatic rings. The van der Waals surface area contributed by atoms with Crippen LogP contribution in [0.25, 0.3) is 11.3 Å². The minimum atomic E-state index is -0.534. The Balaban J connectivity index is 2.03. The minimum absolute atomic E-state index is 0.0193. The van der Waals surface area contributed by atoms with E-state index in [1.54, 1.807) is 23.3 Å². The SMILES string of the molecule is Cc1cnncc1-c1nn(C(C)C(C)C2(C#N)CC2)cc1C(N)=O. The largest absolute Gasteiger partial charge is 0.365 e. The molecule has 0 bridgehead atoms. The number of rotatable bonds is 5. The average Bonchev–Trinajstić information content (AvgIpc) is 3.25. The van der Waals surface area contributed by atoms with Crippen LogP contribution in [0, 0.1) is 29.6 Å². The summed E-state index contributed by atoms with van der Waals surface area (Å²) in [5, 5.41) is 21.7. The van der Waals surface area contributed by atoms with E-state index in [0.29, 0.717) is 11.3 Å². The molecule has 1 saturated carbocycles. The third kappa shape index (κ3) is 2.54. The lowest BCUT2D eigenvalue weighted by atomic mass is 9.86. The molecule has 2 heterocycles. The standard InChI is InChI=1S/C17H20N6O/c1-10-6-20-21-7-13(10)15-14(16(19)24)8-23(22-15)12(3)11(2)17(9-18)4-5-17/h6-8,11-12H,4-5H2,1-3H3,(H2,19,24). The number of carbonyl (C=O) groups is 1. The predicted octanol–water partition coefficient (Wildman–Crippen LogP) is 2.25. The summed E-state index contributed by atoms with van der Waals surface area (Å²) in [7, 11) is 0. The summed E-state index contributed by atoms with van der Waals surface area (Å²) in [5.74, 6) is -0.402. The molecule has 0 radical (unpaired) electrons. The van der Waals surface area contributed by atoms with Gasteiger partial charge >= 0.3 is 0 Å². The van der Waals surface area contributed by atoms with Crippen LogP contribution in [0.1, 0.15) is 48.7 Å². The molecule has 0 spiro atoms. The second-order valence-corrected chi connectivity index (χ2v) is 6.62. The Morgan fingerprint density at radius 3 is 2.58 bits per heavy atom. The number of amides is 1. The maximum absolute atomic E-state index is 11.9. The second kappa shape index (κ2) is 5.71.